The average molecular weight is 311 g/mol. The summed E-state index contributed by atoms with van der Waals surface area (Å²) in [5.41, 5.74) is 4.70. The van der Waals surface area contributed by atoms with Crippen molar-refractivity contribution in [3.8, 4) is 5.82 Å². The standard InChI is InChI=1S/C21H17N3/c1-13-12-23-20(14(13)2)24-19-11-16-7-4-3-6-15(16)10-18(19)17-8-5-9-22-21(17)24/h3-12,23H,1-2H3. The molecule has 0 radical (unpaired) electrons. The largest absolute Gasteiger partial charge is 0.347 e. The van der Waals surface area contributed by atoms with Gasteiger partial charge in [0.1, 0.15) is 11.5 Å². The van der Waals surface area contributed by atoms with Crippen LogP contribution in [-0.2, 0) is 0 Å². The molecule has 0 bridgehead atoms. The van der Waals surface area contributed by atoms with Crippen LogP contribution in [0.5, 0.6) is 0 Å². The first-order valence-corrected chi connectivity index (χ1v) is 8.17. The predicted molar refractivity (Wildman–Crippen MR) is 99.9 cm³/mol. The quantitative estimate of drug-likeness (QED) is 0.449. The highest BCUT2D eigenvalue weighted by atomic mass is 15.1. The van der Waals surface area contributed by atoms with Crippen molar-refractivity contribution < 1.29 is 0 Å². The molecule has 0 amide bonds. The first-order valence-electron chi connectivity index (χ1n) is 8.17. The van der Waals surface area contributed by atoms with E-state index in [1.54, 1.807) is 0 Å². The third-order valence-corrected chi connectivity index (χ3v) is 4.99. The van der Waals surface area contributed by atoms with Gasteiger partial charge in [-0.2, -0.15) is 0 Å². The molecule has 116 valence electrons. The van der Waals surface area contributed by atoms with Crippen molar-refractivity contribution in [2.75, 3.05) is 0 Å². The van der Waals surface area contributed by atoms with Gasteiger partial charge in [-0.25, -0.2) is 4.98 Å². The van der Waals surface area contributed by atoms with Crippen molar-refractivity contribution in [2.45, 2.75) is 13.8 Å². The van der Waals surface area contributed by atoms with Crippen molar-refractivity contribution in [1.82, 2.24) is 14.5 Å². The second-order valence-corrected chi connectivity index (χ2v) is 6.37. The van der Waals surface area contributed by atoms with Gasteiger partial charge in [0.15, 0.2) is 0 Å². The molecule has 24 heavy (non-hydrogen) atoms. The molecule has 0 fully saturated rings. The number of fused-ring (bicyclic) bond motifs is 4. The van der Waals surface area contributed by atoms with Crippen molar-refractivity contribution in [2.24, 2.45) is 0 Å². The molecule has 0 aliphatic carbocycles. The fourth-order valence-corrected chi connectivity index (χ4v) is 3.57. The lowest BCUT2D eigenvalue weighted by atomic mass is 10.1. The second kappa shape index (κ2) is 4.71. The maximum absolute atomic E-state index is 4.68. The Morgan fingerprint density at radius 3 is 2.46 bits per heavy atom. The summed E-state index contributed by atoms with van der Waals surface area (Å²) < 4.78 is 2.25. The normalized spacial score (nSPS) is 11.8. The van der Waals surface area contributed by atoms with E-state index in [0.717, 1.165) is 11.5 Å². The summed E-state index contributed by atoms with van der Waals surface area (Å²) in [5.74, 6) is 1.10. The number of aromatic nitrogens is 3. The zero-order valence-electron chi connectivity index (χ0n) is 13.7. The molecule has 2 aromatic carbocycles. The van der Waals surface area contributed by atoms with Crippen LogP contribution < -0.4 is 0 Å². The van der Waals surface area contributed by atoms with Gasteiger partial charge in [0.05, 0.1) is 5.52 Å². The molecule has 3 heterocycles. The molecule has 5 rings (SSSR count). The van der Waals surface area contributed by atoms with Crippen LogP contribution in [-0.4, -0.2) is 14.5 Å². The van der Waals surface area contributed by atoms with Crippen molar-refractivity contribution in [3.63, 3.8) is 0 Å². The molecule has 0 aliphatic rings. The molecular weight excluding hydrogens is 294 g/mol. The highest BCUT2D eigenvalue weighted by molar-refractivity contribution is 6.12. The minimum atomic E-state index is 0.993. The average Bonchev–Trinajstić information content (AvgIpc) is 3.10. The van der Waals surface area contributed by atoms with Crippen LogP contribution in [0.3, 0.4) is 0 Å². The van der Waals surface area contributed by atoms with Gasteiger partial charge in [0, 0.05) is 23.2 Å². The number of aryl methyl sites for hydroxylation is 1. The van der Waals surface area contributed by atoms with Crippen LogP contribution >= 0.6 is 0 Å². The van der Waals surface area contributed by atoms with Crippen LogP contribution in [0.1, 0.15) is 11.1 Å². The lowest BCUT2D eigenvalue weighted by molar-refractivity contribution is 1.06. The number of aromatic amines is 1. The number of pyridine rings is 1. The second-order valence-electron chi connectivity index (χ2n) is 6.37. The van der Waals surface area contributed by atoms with E-state index in [2.05, 4.69) is 77.0 Å². The summed E-state index contributed by atoms with van der Waals surface area (Å²) in [7, 11) is 0. The van der Waals surface area contributed by atoms with Gasteiger partial charge >= 0.3 is 0 Å². The van der Waals surface area contributed by atoms with Gasteiger partial charge < -0.3 is 4.98 Å². The van der Waals surface area contributed by atoms with Gasteiger partial charge in [-0.15, -0.1) is 0 Å². The molecule has 0 atom stereocenters. The highest BCUT2D eigenvalue weighted by Gasteiger charge is 2.16. The Morgan fingerprint density at radius 2 is 1.71 bits per heavy atom. The first-order chi connectivity index (χ1) is 11.7. The van der Waals surface area contributed by atoms with Crippen LogP contribution in [0.15, 0.2) is 60.9 Å². The van der Waals surface area contributed by atoms with E-state index < -0.39 is 0 Å². The minimum absolute atomic E-state index is 0.993. The van der Waals surface area contributed by atoms with Crippen LogP contribution in [0.2, 0.25) is 0 Å². The van der Waals surface area contributed by atoms with E-state index in [1.165, 1.54) is 38.2 Å². The number of nitrogens with zero attached hydrogens (tertiary/aromatic N) is 2. The zero-order valence-corrected chi connectivity index (χ0v) is 13.7. The van der Waals surface area contributed by atoms with E-state index in [9.17, 15) is 0 Å². The monoisotopic (exact) mass is 311 g/mol. The smallest absolute Gasteiger partial charge is 0.146 e. The van der Waals surface area contributed by atoms with Gasteiger partial charge in [0.25, 0.3) is 0 Å². The molecule has 1 N–H and O–H groups in total. The fraction of sp³-hybridized carbons (Fsp3) is 0.0952. The van der Waals surface area contributed by atoms with E-state index in [1.807, 2.05) is 12.3 Å². The number of hydrogen-bond donors (Lipinski definition) is 1. The topological polar surface area (TPSA) is 33.6 Å². The summed E-state index contributed by atoms with van der Waals surface area (Å²) in [4.78, 5) is 8.11. The lowest BCUT2D eigenvalue weighted by Gasteiger charge is -2.07. The highest BCUT2D eigenvalue weighted by Crippen LogP contribution is 2.34. The maximum Gasteiger partial charge on any atom is 0.146 e. The van der Waals surface area contributed by atoms with Gasteiger partial charge in [-0.05, 0) is 60.0 Å². The molecule has 0 saturated heterocycles. The molecule has 3 nitrogen and oxygen atoms in total. The molecule has 0 unspecified atom stereocenters. The molecule has 0 saturated carbocycles. The Hall–Kier alpha value is -3.07. The van der Waals surface area contributed by atoms with Crippen LogP contribution in [0, 0.1) is 13.8 Å². The Labute approximate surface area is 139 Å². The summed E-state index contributed by atoms with van der Waals surface area (Å²) in [6.45, 7) is 4.29. The third-order valence-electron chi connectivity index (χ3n) is 4.99. The Balaban J connectivity index is 2.03. The lowest BCUT2D eigenvalue weighted by Crippen LogP contribution is -1.97. The van der Waals surface area contributed by atoms with Crippen molar-refractivity contribution in [3.05, 3.63) is 72.1 Å². The third kappa shape index (κ3) is 1.69. The van der Waals surface area contributed by atoms with Crippen molar-refractivity contribution in [1.29, 1.82) is 0 Å². The number of rotatable bonds is 1. The maximum atomic E-state index is 4.68. The fourth-order valence-electron chi connectivity index (χ4n) is 3.57. The minimum Gasteiger partial charge on any atom is -0.347 e. The van der Waals surface area contributed by atoms with Gasteiger partial charge in [-0.3, -0.25) is 4.57 Å². The molecule has 3 heteroatoms. The summed E-state index contributed by atoms with van der Waals surface area (Å²) in [6.07, 6.45) is 3.93. The Bertz CT molecular complexity index is 1220. The van der Waals surface area contributed by atoms with E-state index in [4.69, 9.17) is 0 Å². The molecule has 0 aliphatic heterocycles. The number of hydrogen-bond acceptors (Lipinski definition) is 1. The molecule has 0 spiro atoms. The number of benzene rings is 2. The molecule has 5 aromatic rings. The van der Waals surface area contributed by atoms with Crippen LogP contribution in [0.4, 0.5) is 0 Å². The first kappa shape index (κ1) is 13.4. The SMILES string of the molecule is Cc1c[nH]c(-n2c3cc4ccccc4cc3c3cccnc32)c1C. The van der Waals surface area contributed by atoms with Crippen LogP contribution in [0.25, 0.3) is 38.5 Å². The Kier molecular flexibility index (Phi) is 2.63. The van der Waals surface area contributed by atoms with E-state index in [-0.39, 0.29) is 0 Å². The number of nitrogens with one attached hydrogen (secondary N) is 1. The summed E-state index contributed by atoms with van der Waals surface area (Å²) in [6, 6.07) is 17.2. The molecular formula is C21H17N3. The van der Waals surface area contributed by atoms with E-state index >= 15 is 0 Å². The van der Waals surface area contributed by atoms with Crippen molar-refractivity contribution >= 4 is 32.7 Å². The van der Waals surface area contributed by atoms with Gasteiger partial charge in [-0.1, -0.05) is 24.3 Å². The summed E-state index contributed by atoms with van der Waals surface area (Å²) in [5, 5.41) is 4.93. The van der Waals surface area contributed by atoms with Gasteiger partial charge in [0.2, 0.25) is 0 Å². The number of H-pyrrole nitrogens is 1. The predicted octanol–water partition coefficient (Wildman–Crippen LogP) is 5.28. The van der Waals surface area contributed by atoms with E-state index in [0.29, 0.717) is 0 Å². The summed E-state index contributed by atoms with van der Waals surface area (Å²) >= 11 is 0. The Morgan fingerprint density at radius 1 is 0.917 bits per heavy atom. The molecule has 3 aromatic heterocycles. The zero-order chi connectivity index (χ0) is 16.3.